The monoisotopic (exact) mass is 259 g/mol. The normalized spacial score (nSPS) is 16.8. The van der Waals surface area contributed by atoms with E-state index in [1.54, 1.807) is 6.33 Å². The van der Waals surface area contributed by atoms with Crippen molar-refractivity contribution < 1.29 is 0 Å². The molecule has 1 aliphatic carbocycles. The van der Waals surface area contributed by atoms with E-state index in [1.165, 1.54) is 18.4 Å². The van der Waals surface area contributed by atoms with Crippen LogP contribution in [0.5, 0.6) is 0 Å². The van der Waals surface area contributed by atoms with Crippen molar-refractivity contribution >= 4 is 28.5 Å². The smallest absolute Gasteiger partial charge is 0.137 e. The molecule has 1 aliphatic rings. The fourth-order valence-electron chi connectivity index (χ4n) is 2.25. The number of fused-ring (bicyclic) bond motifs is 1. The van der Waals surface area contributed by atoms with Gasteiger partial charge in [-0.3, -0.25) is 0 Å². The number of hydrogen-bond acceptors (Lipinski definition) is 4. The summed E-state index contributed by atoms with van der Waals surface area (Å²) in [6.07, 6.45) is 6.45. The first kappa shape index (κ1) is 11.8. The molecule has 0 bridgehead atoms. The van der Waals surface area contributed by atoms with E-state index in [9.17, 15) is 0 Å². The fraction of sp³-hybridized carbons (Fsp3) is 0.429. The summed E-state index contributed by atoms with van der Waals surface area (Å²) in [6, 6.07) is 6.19. The molecule has 0 amide bonds. The summed E-state index contributed by atoms with van der Waals surface area (Å²) < 4.78 is 0.444. The molecule has 3 nitrogen and oxygen atoms in total. The molecule has 1 N–H and O–H groups in total. The number of rotatable bonds is 4. The Labute approximate surface area is 111 Å². The Morgan fingerprint density at radius 2 is 2.17 bits per heavy atom. The van der Waals surface area contributed by atoms with Crippen LogP contribution >= 0.6 is 11.8 Å². The van der Waals surface area contributed by atoms with E-state index < -0.39 is 0 Å². The second-order valence-electron chi connectivity index (χ2n) is 4.93. The predicted molar refractivity (Wildman–Crippen MR) is 78.2 cm³/mol. The first-order chi connectivity index (χ1) is 8.74. The highest BCUT2D eigenvalue weighted by atomic mass is 32.2. The summed E-state index contributed by atoms with van der Waals surface area (Å²) in [5, 5.41) is 4.66. The quantitative estimate of drug-likeness (QED) is 0.914. The largest absolute Gasteiger partial charge is 0.368 e. The highest BCUT2D eigenvalue weighted by Crippen LogP contribution is 2.47. The van der Waals surface area contributed by atoms with Crippen molar-refractivity contribution in [1.29, 1.82) is 0 Å². The van der Waals surface area contributed by atoms with Crippen molar-refractivity contribution in [3.05, 3.63) is 30.1 Å². The Hall–Kier alpha value is -1.29. The Bertz CT molecular complexity index is 573. The molecule has 4 heteroatoms. The van der Waals surface area contributed by atoms with E-state index in [1.807, 2.05) is 23.9 Å². The highest BCUT2D eigenvalue weighted by molar-refractivity contribution is 8.00. The van der Waals surface area contributed by atoms with Crippen LogP contribution in [0.4, 0.5) is 5.82 Å². The van der Waals surface area contributed by atoms with Gasteiger partial charge in [-0.05, 0) is 37.7 Å². The summed E-state index contributed by atoms with van der Waals surface area (Å²) in [6.45, 7) is 3.10. The number of hydrogen-bond donors (Lipinski definition) is 1. The third kappa shape index (κ3) is 2.05. The SMILES string of the molecule is CSC1(CNc2ncnc3cccc(C)c23)CC1. The zero-order valence-electron chi connectivity index (χ0n) is 10.7. The first-order valence-corrected chi connectivity index (χ1v) is 7.46. The maximum Gasteiger partial charge on any atom is 0.137 e. The van der Waals surface area contributed by atoms with Crippen LogP contribution in [-0.4, -0.2) is 27.5 Å². The van der Waals surface area contributed by atoms with Crippen LogP contribution < -0.4 is 5.32 Å². The highest BCUT2D eigenvalue weighted by Gasteiger charge is 2.41. The molecule has 2 aromatic rings. The minimum absolute atomic E-state index is 0.444. The van der Waals surface area contributed by atoms with Crippen molar-refractivity contribution in [2.45, 2.75) is 24.5 Å². The Kier molecular flexibility index (Phi) is 2.90. The lowest BCUT2D eigenvalue weighted by atomic mass is 10.1. The van der Waals surface area contributed by atoms with E-state index in [2.05, 4.69) is 34.5 Å². The third-order valence-electron chi connectivity index (χ3n) is 3.69. The molecule has 1 fully saturated rings. The van der Waals surface area contributed by atoms with Crippen LogP contribution in [0.25, 0.3) is 10.9 Å². The van der Waals surface area contributed by atoms with Gasteiger partial charge in [0.1, 0.15) is 12.1 Å². The number of anilines is 1. The molecule has 1 aromatic heterocycles. The molecule has 18 heavy (non-hydrogen) atoms. The van der Waals surface area contributed by atoms with Gasteiger partial charge in [0, 0.05) is 16.7 Å². The zero-order chi connectivity index (χ0) is 12.6. The van der Waals surface area contributed by atoms with Gasteiger partial charge >= 0.3 is 0 Å². The van der Waals surface area contributed by atoms with Gasteiger partial charge in [0.05, 0.1) is 5.52 Å². The van der Waals surface area contributed by atoms with Crippen LogP contribution in [0.1, 0.15) is 18.4 Å². The molecule has 0 radical (unpaired) electrons. The molecule has 0 saturated heterocycles. The molecule has 0 atom stereocenters. The van der Waals surface area contributed by atoms with E-state index in [-0.39, 0.29) is 0 Å². The molecule has 0 spiro atoms. The maximum absolute atomic E-state index is 4.40. The van der Waals surface area contributed by atoms with Crippen molar-refractivity contribution in [1.82, 2.24) is 9.97 Å². The number of thioether (sulfide) groups is 1. The molecular formula is C14H17N3S. The number of aromatic nitrogens is 2. The standard InChI is InChI=1S/C14H17N3S/c1-10-4-3-5-11-12(10)13(17-9-16-11)15-8-14(18-2)6-7-14/h3-5,9H,6-8H2,1-2H3,(H,15,16,17). The molecule has 94 valence electrons. The summed E-state index contributed by atoms with van der Waals surface area (Å²) in [4.78, 5) is 8.73. The van der Waals surface area contributed by atoms with Crippen LogP contribution in [0.15, 0.2) is 24.5 Å². The molecule has 3 rings (SSSR count). The number of aryl methyl sites for hydroxylation is 1. The maximum atomic E-state index is 4.40. The lowest BCUT2D eigenvalue weighted by Gasteiger charge is -2.15. The summed E-state index contributed by atoms with van der Waals surface area (Å²) in [5.74, 6) is 0.971. The van der Waals surface area contributed by atoms with E-state index >= 15 is 0 Å². The Balaban J connectivity index is 1.92. The van der Waals surface area contributed by atoms with Crippen molar-refractivity contribution in [2.24, 2.45) is 0 Å². The Morgan fingerprint density at radius 3 is 2.89 bits per heavy atom. The average Bonchev–Trinajstić information content (AvgIpc) is 3.17. The fourth-order valence-corrected chi connectivity index (χ4v) is 2.98. The molecular weight excluding hydrogens is 242 g/mol. The minimum atomic E-state index is 0.444. The number of benzene rings is 1. The molecule has 0 unspecified atom stereocenters. The Morgan fingerprint density at radius 1 is 1.33 bits per heavy atom. The van der Waals surface area contributed by atoms with Gasteiger partial charge in [0.15, 0.2) is 0 Å². The van der Waals surface area contributed by atoms with Crippen LogP contribution in [-0.2, 0) is 0 Å². The van der Waals surface area contributed by atoms with Crippen LogP contribution in [0.3, 0.4) is 0 Å². The predicted octanol–water partition coefficient (Wildman–Crippen LogP) is 3.25. The van der Waals surface area contributed by atoms with Crippen molar-refractivity contribution in [3.63, 3.8) is 0 Å². The van der Waals surface area contributed by atoms with Gasteiger partial charge in [-0.1, -0.05) is 12.1 Å². The van der Waals surface area contributed by atoms with Gasteiger partial charge in [0.25, 0.3) is 0 Å². The van der Waals surface area contributed by atoms with Crippen LogP contribution in [0.2, 0.25) is 0 Å². The van der Waals surface area contributed by atoms with Gasteiger partial charge in [-0.15, -0.1) is 0 Å². The van der Waals surface area contributed by atoms with E-state index in [0.29, 0.717) is 4.75 Å². The minimum Gasteiger partial charge on any atom is -0.368 e. The summed E-state index contributed by atoms with van der Waals surface area (Å²) in [5.41, 5.74) is 2.24. The van der Waals surface area contributed by atoms with E-state index in [0.717, 1.165) is 23.3 Å². The lowest BCUT2D eigenvalue weighted by molar-refractivity contribution is 0.941. The number of nitrogens with zero attached hydrogens (tertiary/aromatic N) is 2. The van der Waals surface area contributed by atoms with Gasteiger partial charge in [-0.25, -0.2) is 9.97 Å². The second-order valence-corrected chi connectivity index (χ2v) is 6.21. The van der Waals surface area contributed by atoms with Gasteiger partial charge < -0.3 is 5.32 Å². The first-order valence-electron chi connectivity index (χ1n) is 6.23. The molecule has 0 aliphatic heterocycles. The second kappa shape index (κ2) is 4.43. The molecule has 1 aromatic carbocycles. The summed E-state index contributed by atoms with van der Waals surface area (Å²) >= 11 is 1.96. The van der Waals surface area contributed by atoms with Gasteiger partial charge in [0.2, 0.25) is 0 Å². The lowest BCUT2D eigenvalue weighted by Crippen LogP contribution is -2.18. The third-order valence-corrected chi connectivity index (χ3v) is 5.11. The molecule has 1 heterocycles. The van der Waals surface area contributed by atoms with Crippen molar-refractivity contribution in [2.75, 3.05) is 18.1 Å². The average molecular weight is 259 g/mol. The summed E-state index contributed by atoms with van der Waals surface area (Å²) in [7, 11) is 0. The van der Waals surface area contributed by atoms with Crippen molar-refractivity contribution in [3.8, 4) is 0 Å². The van der Waals surface area contributed by atoms with Gasteiger partial charge in [-0.2, -0.15) is 11.8 Å². The van der Waals surface area contributed by atoms with Crippen LogP contribution in [0, 0.1) is 6.92 Å². The molecule has 1 saturated carbocycles. The zero-order valence-corrected chi connectivity index (χ0v) is 11.5. The topological polar surface area (TPSA) is 37.8 Å². The number of nitrogens with one attached hydrogen (secondary N) is 1. The van der Waals surface area contributed by atoms with E-state index in [4.69, 9.17) is 0 Å².